The number of hydrogen-bond donors (Lipinski definition) is 1. The lowest BCUT2D eigenvalue weighted by molar-refractivity contribution is -0.122. The van der Waals surface area contributed by atoms with Crippen molar-refractivity contribution in [2.75, 3.05) is 18.5 Å². The number of benzene rings is 1. The number of piperidine rings is 1. The average molecular weight is 299 g/mol. The van der Waals surface area contributed by atoms with Gasteiger partial charge in [0.15, 0.2) is 0 Å². The summed E-state index contributed by atoms with van der Waals surface area (Å²) in [7, 11) is 2.01. The van der Waals surface area contributed by atoms with Crippen molar-refractivity contribution in [3.63, 3.8) is 0 Å². The van der Waals surface area contributed by atoms with Crippen molar-refractivity contribution >= 4 is 17.5 Å². The van der Waals surface area contributed by atoms with Crippen LogP contribution in [-0.2, 0) is 9.59 Å². The number of carbonyl (C=O) groups excluding carboxylic acids is 2. The zero-order valence-corrected chi connectivity index (χ0v) is 12.8. The molecule has 5 nitrogen and oxygen atoms in total. The molecule has 116 valence electrons. The molecule has 0 radical (unpaired) electrons. The second-order valence-corrected chi connectivity index (χ2v) is 5.99. The molecular weight excluding hydrogens is 278 g/mol. The zero-order chi connectivity index (χ0) is 15.7. The van der Waals surface area contributed by atoms with E-state index in [-0.39, 0.29) is 23.9 Å². The first-order chi connectivity index (χ1) is 10.6. The topological polar surface area (TPSA) is 52.7 Å². The van der Waals surface area contributed by atoms with Gasteiger partial charge in [0.1, 0.15) is 0 Å². The highest BCUT2D eigenvalue weighted by Crippen LogP contribution is 2.27. The summed E-state index contributed by atoms with van der Waals surface area (Å²) in [5.41, 5.74) is 1.68. The summed E-state index contributed by atoms with van der Waals surface area (Å²) in [4.78, 5) is 27.7. The van der Waals surface area contributed by atoms with Crippen molar-refractivity contribution in [1.82, 2.24) is 10.2 Å². The summed E-state index contributed by atoms with van der Waals surface area (Å²) in [5.74, 6) is 0.177. The minimum Gasteiger partial charge on any atom is -0.329 e. The van der Waals surface area contributed by atoms with Gasteiger partial charge in [0.2, 0.25) is 11.8 Å². The number of amides is 2. The molecule has 2 aliphatic rings. The van der Waals surface area contributed by atoms with E-state index in [1.165, 1.54) is 0 Å². The van der Waals surface area contributed by atoms with Crippen LogP contribution in [0.4, 0.5) is 5.69 Å². The van der Waals surface area contributed by atoms with E-state index in [4.69, 9.17) is 0 Å². The normalized spacial score (nSPS) is 25.7. The van der Waals surface area contributed by atoms with E-state index in [1.54, 1.807) is 0 Å². The maximum absolute atomic E-state index is 12.3. The molecule has 2 saturated heterocycles. The van der Waals surface area contributed by atoms with E-state index in [1.807, 2.05) is 42.3 Å². The first-order valence-corrected chi connectivity index (χ1v) is 7.62. The van der Waals surface area contributed by atoms with Crippen LogP contribution in [0.3, 0.4) is 0 Å². The van der Waals surface area contributed by atoms with Crippen molar-refractivity contribution in [3.05, 3.63) is 42.6 Å². The minimum absolute atomic E-state index is 0.0306. The van der Waals surface area contributed by atoms with Gasteiger partial charge < -0.3 is 10.2 Å². The number of para-hydroxylation sites is 1. The number of rotatable bonds is 3. The Morgan fingerprint density at radius 2 is 2.00 bits per heavy atom. The smallest absolute Gasteiger partial charge is 0.228 e. The van der Waals surface area contributed by atoms with Gasteiger partial charge in [-0.1, -0.05) is 24.8 Å². The van der Waals surface area contributed by atoms with Crippen LogP contribution >= 0.6 is 0 Å². The van der Waals surface area contributed by atoms with Gasteiger partial charge >= 0.3 is 0 Å². The van der Waals surface area contributed by atoms with Crippen LogP contribution in [-0.4, -0.2) is 42.4 Å². The lowest BCUT2D eigenvalue weighted by Gasteiger charge is -2.36. The third-order valence-electron chi connectivity index (χ3n) is 4.59. The molecule has 0 spiro atoms. The number of nitrogens with one attached hydrogen (secondary N) is 1. The summed E-state index contributed by atoms with van der Waals surface area (Å²) in [5, 5.41) is 2.81. The Morgan fingerprint density at radius 1 is 1.27 bits per heavy atom. The first kappa shape index (κ1) is 14.8. The Kier molecular flexibility index (Phi) is 3.98. The van der Waals surface area contributed by atoms with E-state index in [2.05, 4.69) is 16.8 Å². The van der Waals surface area contributed by atoms with Crippen LogP contribution < -0.4 is 10.2 Å². The molecule has 2 fully saturated rings. The molecule has 5 heteroatoms. The van der Waals surface area contributed by atoms with Crippen molar-refractivity contribution in [3.8, 4) is 0 Å². The summed E-state index contributed by atoms with van der Waals surface area (Å²) >= 11 is 0. The molecule has 1 aromatic rings. The number of hydrogen-bond acceptors (Lipinski definition) is 3. The molecule has 22 heavy (non-hydrogen) atoms. The molecular formula is C17H21N3O2. The van der Waals surface area contributed by atoms with Gasteiger partial charge in [0.05, 0.1) is 0 Å². The fraction of sp³-hybridized carbons (Fsp3) is 0.412. The van der Waals surface area contributed by atoms with Crippen LogP contribution in [0.5, 0.6) is 0 Å². The fourth-order valence-corrected chi connectivity index (χ4v) is 3.29. The lowest BCUT2D eigenvalue weighted by Crippen LogP contribution is -2.48. The standard InChI is InChI=1S/C17H21N3O2/c1-12-15(8-9-16(21)18-12)19(2)14-10-17(22)20(11-14)13-6-4-3-5-7-13/h3-7,14-15H,1,8-11H2,2H3,(H,18,21). The van der Waals surface area contributed by atoms with Crippen LogP contribution in [0.25, 0.3) is 0 Å². The van der Waals surface area contributed by atoms with Crippen molar-refractivity contribution in [2.45, 2.75) is 31.3 Å². The van der Waals surface area contributed by atoms with E-state index >= 15 is 0 Å². The Labute approximate surface area is 130 Å². The Bertz CT molecular complexity index is 599. The van der Waals surface area contributed by atoms with Gasteiger partial charge in [-0.3, -0.25) is 14.5 Å². The van der Waals surface area contributed by atoms with Crippen LogP contribution in [0.15, 0.2) is 42.6 Å². The van der Waals surface area contributed by atoms with Crippen LogP contribution in [0.1, 0.15) is 19.3 Å². The monoisotopic (exact) mass is 299 g/mol. The molecule has 1 N–H and O–H groups in total. The van der Waals surface area contributed by atoms with Crippen LogP contribution in [0.2, 0.25) is 0 Å². The molecule has 0 aromatic heterocycles. The largest absolute Gasteiger partial charge is 0.329 e. The summed E-state index contributed by atoms with van der Waals surface area (Å²) in [6.45, 7) is 4.64. The van der Waals surface area contributed by atoms with Gasteiger partial charge in [-0.05, 0) is 25.6 Å². The Balaban J connectivity index is 1.70. The number of anilines is 1. The van der Waals surface area contributed by atoms with Gasteiger partial charge in [0.25, 0.3) is 0 Å². The van der Waals surface area contributed by atoms with Crippen molar-refractivity contribution < 1.29 is 9.59 Å². The zero-order valence-electron chi connectivity index (χ0n) is 12.8. The molecule has 0 saturated carbocycles. The fourth-order valence-electron chi connectivity index (χ4n) is 3.29. The molecule has 1 aromatic carbocycles. The molecule has 2 amide bonds. The number of likely N-dealkylation sites (N-methyl/N-ethyl adjacent to an activating group) is 1. The highest BCUT2D eigenvalue weighted by atomic mass is 16.2. The summed E-state index contributed by atoms with van der Waals surface area (Å²) in [6, 6.07) is 9.99. The Morgan fingerprint density at radius 3 is 2.68 bits per heavy atom. The van der Waals surface area contributed by atoms with E-state index < -0.39 is 0 Å². The lowest BCUT2D eigenvalue weighted by atomic mass is 10.0. The number of carbonyl (C=O) groups is 2. The second-order valence-electron chi connectivity index (χ2n) is 5.99. The van der Waals surface area contributed by atoms with Gasteiger partial charge in [-0.15, -0.1) is 0 Å². The summed E-state index contributed by atoms with van der Waals surface area (Å²) < 4.78 is 0. The van der Waals surface area contributed by atoms with Crippen molar-refractivity contribution in [2.24, 2.45) is 0 Å². The first-order valence-electron chi connectivity index (χ1n) is 7.62. The minimum atomic E-state index is 0.0306. The molecule has 0 bridgehead atoms. The summed E-state index contributed by atoms with van der Waals surface area (Å²) in [6.07, 6.45) is 1.78. The van der Waals surface area contributed by atoms with Gasteiger partial charge in [-0.2, -0.15) is 0 Å². The Hall–Kier alpha value is -2.14. The SMILES string of the molecule is C=C1NC(=O)CCC1N(C)C1CC(=O)N(c2ccccc2)C1. The molecule has 2 heterocycles. The molecule has 2 unspecified atom stereocenters. The van der Waals surface area contributed by atoms with Gasteiger partial charge in [0, 0.05) is 42.9 Å². The average Bonchev–Trinajstić information content (AvgIpc) is 2.89. The molecule has 2 atom stereocenters. The highest BCUT2D eigenvalue weighted by Gasteiger charge is 2.37. The predicted molar refractivity (Wildman–Crippen MR) is 85.3 cm³/mol. The van der Waals surface area contributed by atoms with Gasteiger partial charge in [-0.25, -0.2) is 0 Å². The van der Waals surface area contributed by atoms with E-state index in [0.717, 1.165) is 17.8 Å². The second kappa shape index (κ2) is 5.93. The predicted octanol–water partition coefficient (Wildman–Crippen LogP) is 1.52. The maximum atomic E-state index is 12.3. The van der Waals surface area contributed by atoms with E-state index in [9.17, 15) is 9.59 Å². The quantitative estimate of drug-likeness (QED) is 0.920. The number of nitrogens with zero attached hydrogens (tertiary/aromatic N) is 2. The third-order valence-corrected chi connectivity index (χ3v) is 4.59. The van der Waals surface area contributed by atoms with Crippen LogP contribution in [0, 0.1) is 0 Å². The van der Waals surface area contributed by atoms with E-state index in [0.29, 0.717) is 19.4 Å². The molecule has 3 rings (SSSR count). The molecule has 0 aliphatic carbocycles. The van der Waals surface area contributed by atoms with Crippen molar-refractivity contribution in [1.29, 1.82) is 0 Å². The third kappa shape index (κ3) is 2.76. The molecule has 2 aliphatic heterocycles. The maximum Gasteiger partial charge on any atom is 0.228 e. The highest BCUT2D eigenvalue weighted by molar-refractivity contribution is 5.96.